The molecule has 2 rings (SSSR count). The lowest BCUT2D eigenvalue weighted by Crippen LogP contribution is -2.03. The van der Waals surface area contributed by atoms with Crippen LogP contribution in [0.2, 0.25) is 0 Å². The normalized spacial score (nSPS) is 10.6. The molecule has 1 aromatic heterocycles. The van der Waals surface area contributed by atoms with Crippen LogP contribution >= 0.6 is 31.9 Å². The van der Waals surface area contributed by atoms with E-state index in [9.17, 15) is 4.39 Å². The monoisotopic (exact) mass is 402 g/mol. The van der Waals surface area contributed by atoms with Crippen molar-refractivity contribution in [3.05, 3.63) is 56.5 Å². The van der Waals surface area contributed by atoms with E-state index in [0.29, 0.717) is 17.9 Å². The average molecular weight is 404 g/mol. The Morgan fingerprint density at radius 3 is 2.40 bits per heavy atom. The average Bonchev–Trinajstić information content (AvgIpc) is 2.38. The molecule has 0 fully saturated rings. The molecule has 0 bridgehead atoms. The summed E-state index contributed by atoms with van der Waals surface area (Å²) in [6.45, 7) is 0.840. The Labute approximate surface area is 133 Å². The third-order valence-corrected chi connectivity index (χ3v) is 3.81. The molecule has 3 nitrogen and oxygen atoms in total. The van der Waals surface area contributed by atoms with Crippen molar-refractivity contribution in [1.29, 1.82) is 0 Å². The molecule has 106 valence electrons. The van der Waals surface area contributed by atoms with Crippen molar-refractivity contribution >= 4 is 31.9 Å². The first-order valence-corrected chi connectivity index (χ1v) is 7.59. The summed E-state index contributed by atoms with van der Waals surface area (Å²) in [7, 11) is 0. The third-order valence-electron chi connectivity index (χ3n) is 2.64. The van der Waals surface area contributed by atoms with E-state index in [4.69, 9.17) is 10.5 Å². The number of rotatable bonds is 5. The van der Waals surface area contributed by atoms with Crippen molar-refractivity contribution in [3.63, 3.8) is 0 Å². The number of nitrogens with two attached hydrogens (primary N) is 1. The van der Waals surface area contributed by atoms with Crippen LogP contribution in [0.15, 0.2) is 39.5 Å². The summed E-state index contributed by atoms with van der Waals surface area (Å²) in [6.07, 6.45) is 3.54. The molecule has 20 heavy (non-hydrogen) atoms. The molecule has 0 aliphatic heterocycles. The molecular formula is C14H13Br2FN2O. The van der Waals surface area contributed by atoms with Crippen molar-refractivity contribution < 1.29 is 9.13 Å². The highest BCUT2D eigenvalue weighted by atomic mass is 79.9. The van der Waals surface area contributed by atoms with Crippen molar-refractivity contribution in [3.8, 4) is 5.75 Å². The molecule has 0 spiro atoms. The van der Waals surface area contributed by atoms with E-state index in [-0.39, 0.29) is 12.4 Å². The first-order valence-electron chi connectivity index (χ1n) is 6.00. The molecule has 0 unspecified atom stereocenters. The molecule has 1 heterocycles. The van der Waals surface area contributed by atoms with Crippen LogP contribution < -0.4 is 10.5 Å². The Balaban J connectivity index is 2.13. The predicted molar refractivity (Wildman–Crippen MR) is 83.1 cm³/mol. The molecule has 0 aliphatic carbocycles. The van der Waals surface area contributed by atoms with Gasteiger partial charge >= 0.3 is 0 Å². The van der Waals surface area contributed by atoms with Gasteiger partial charge in [-0.1, -0.05) is 0 Å². The zero-order chi connectivity index (χ0) is 14.5. The fraction of sp³-hybridized carbons (Fsp3) is 0.214. The number of nitrogens with zero attached hydrogens (tertiary/aromatic N) is 1. The summed E-state index contributed by atoms with van der Waals surface area (Å²) in [5, 5.41) is 0. The minimum Gasteiger partial charge on any atom is -0.486 e. The van der Waals surface area contributed by atoms with Crippen molar-refractivity contribution in [2.75, 3.05) is 6.54 Å². The highest BCUT2D eigenvalue weighted by molar-refractivity contribution is 9.11. The van der Waals surface area contributed by atoms with Crippen LogP contribution in [0.4, 0.5) is 4.39 Å². The van der Waals surface area contributed by atoms with Crippen LogP contribution in [0.3, 0.4) is 0 Å². The lowest BCUT2D eigenvalue weighted by atomic mass is 10.1. The summed E-state index contributed by atoms with van der Waals surface area (Å²) in [5.41, 5.74) is 7.34. The lowest BCUT2D eigenvalue weighted by molar-refractivity contribution is 0.301. The molecule has 0 atom stereocenters. The number of hydrogen-bond acceptors (Lipinski definition) is 3. The van der Waals surface area contributed by atoms with Crippen LogP contribution in [-0.2, 0) is 13.0 Å². The topological polar surface area (TPSA) is 48.1 Å². The molecule has 0 amide bonds. The maximum absolute atomic E-state index is 13.0. The third kappa shape index (κ3) is 4.01. The fourth-order valence-corrected chi connectivity index (χ4v) is 3.26. The van der Waals surface area contributed by atoms with E-state index in [2.05, 4.69) is 36.8 Å². The van der Waals surface area contributed by atoms with E-state index in [1.807, 2.05) is 12.1 Å². The van der Waals surface area contributed by atoms with Gasteiger partial charge in [0.1, 0.15) is 18.2 Å². The fourth-order valence-electron chi connectivity index (χ4n) is 1.75. The molecule has 6 heteroatoms. The number of hydrogen-bond donors (Lipinski definition) is 1. The van der Waals surface area contributed by atoms with Gasteiger partial charge in [0.05, 0.1) is 15.1 Å². The Kier molecular flexibility index (Phi) is 5.51. The van der Waals surface area contributed by atoms with Crippen LogP contribution in [0, 0.1) is 5.82 Å². The molecule has 2 N–H and O–H groups in total. The maximum Gasteiger partial charge on any atom is 0.148 e. The summed E-state index contributed by atoms with van der Waals surface area (Å²) in [5.74, 6) is 0.303. The zero-order valence-corrected chi connectivity index (χ0v) is 13.7. The summed E-state index contributed by atoms with van der Waals surface area (Å²) < 4.78 is 20.4. The molecular weight excluding hydrogens is 391 g/mol. The van der Waals surface area contributed by atoms with E-state index in [1.165, 1.54) is 6.07 Å². The van der Waals surface area contributed by atoms with E-state index < -0.39 is 0 Å². The maximum atomic E-state index is 13.0. The summed E-state index contributed by atoms with van der Waals surface area (Å²) >= 11 is 6.94. The SMILES string of the molecule is NCCc1cc(Br)c(OCc2cncc(F)c2)c(Br)c1. The van der Waals surface area contributed by atoms with Gasteiger partial charge in [0, 0.05) is 11.8 Å². The molecule has 0 radical (unpaired) electrons. The van der Waals surface area contributed by atoms with Crippen LogP contribution in [0.1, 0.15) is 11.1 Å². The first kappa shape index (κ1) is 15.4. The largest absolute Gasteiger partial charge is 0.486 e. The number of benzene rings is 1. The van der Waals surface area contributed by atoms with Gasteiger partial charge in [-0.15, -0.1) is 0 Å². The Hall–Kier alpha value is -0.980. The van der Waals surface area contributed by atoms with Crippen molar-refractivity contribution in [2.45, 2.75) is 13.0 Å². The highest BCUT2D eigenvalue weighted by Crippen LogP contribution is 2.35. The minimum atomic E-state index is -0.373. The molecule has 0 aliphatic rings. The van der Waals surface area contributed by atoms with Gasteiger partial charge in [0.15, 0.2) is 0 Å². The summed E-state index contributed by atoms with van der Waals surface area (Å²) in [4.78, 5) is 3.79. The number of ether oxygens (including phenoxy) is 1. The van der Waals surface area contributed by atoms with Crippen LogP contribution in [-0.4, -0.2) is 11.5 Å². The van der Waals surface area contributed by atoms with Gasteiger partial charge in [0.25, 0.3) is 0 Å². The first-order chi connectivity index (χ1) is 9.60. The standard InChI is InChI=1S/C14H13Br2FN2O/c15-12-4-9(1-2-18)5-13(16)14(12)20-8-10-3-11(17)7-19-6-10/h3-7H,1-2,8,18H2. The Morgan fingerprint density at radius 2 is 1.80 bits per heavy atom. The molecule has 0 saturated heterocycles. The summed E-state index contributed by atoms with van der Waals surface area (Å²) in [6, 6.07) is 5.34. The van der Waals surface area contributed by atoms with Crippen LogP contribution in [0.5, 0.6) is 5.75 Å². The number of aromatic nitrogens is 1. The molecule has 2 aromatic rings. The predicted octanol–water partition coefficient (Wildman–Crippen LogP) is 3.83. The number of pyridine rings is 1. The van der Waals surface area contributed by atoms with Gasteiger partial charge in [-0.25, -0.2) is 4.39 Å². The lowest BCUT2D eigenvalue weighted by Gasteiger charge is -2.12. The molecule has 1 aromatic carbocycles. The Morgan fingerprint density at radius 1 is 1.10 bits per heavy atom. The van der Waals surface area contributed by atoms with Gasteiger partial charge in [-0.05, 0) is 68.6 Å². The quantitative estimate of drug-likeness (QED) is 0.825. The highest BCUT2D eigenvalue weighted by Gasteiger charge is 2.09. The number of halogens is 3. The smallest absolute Gasteiger partial charge is 0.148 e. The molecule has 0 saturated carbocycles. The van der Waals surface area contributed by atoms with Crippen molar-refractivity contribution in [1.82, 2.24) is 4.98 Å². The van der Waals surface area contributed by atoms with Crippen LogP contribution in [0.25, 0.3) is 0 Å². The van der Waals surface area contributed by atoms with E-state index in [1.54, 1.807) is 6.20 Å². The second-order valence-corrected chi connectivity index (χ2v) is 5.94. The van der Waals surface area contributed by atoms with Gasteiger partial charge in [-0.2, -0.15) is 0 Å². The second-order valence-electron chi connectivity index (χ2n) is 4.23. The van der Waals surface area contributed by atoms with E-state index >= 15 is 0 Å². The zero-order valence-electron chi connectivity index (χ0n) is 10.6. The Bertz CT molecular complexity index is 584. The second kappa shape index (κ2) is 7.15. The van der Waals surface area contributed by atoms with Gasteiger partial charge < -0.3 is 10.5 Å². The van der Waals surface area contributed by atoms with E-state index in [0.717, 1.165) is 27.1 Å². The van der Waals surface area contributed by atoms with Gasteiger partial charge in [-0.3, -0.25) is 4.98 Å². The van der Waals surface area contributed by atoms with Gasteiger partial charge in [0.2, 0.25) is 0 Å². The van der Waals surface area contributed by atoms with Crippen molar-refractivity contribution in [2.24, 2.45) is 5.73 Å². The minimum absolute atomic E-state index is 0.248.